The molecule has 0 unspecified atom stereocenters. The van der Waals surface area contributed by atoms with Crippen LogP contribution in [0, 0.1) is 5.82 Å². The number of carbonyl (C=O) groups excluding carboxylic acids is 2. The second-order valence-corrected chi connectivity index (χ2v) is 7.59. The number of benzene rings is 1. The third-order valence-corrected chi connectivity index (χ3v) is 5.15. The van der Waals surface area contributed by atoms with E-state index in [9.17, 15) is 14.0 Å². The number of thioether (sulfide) groups is 1. The van der Waals surface area contributed by atoms with Gasteiger partial charge < -0.3 is 10.2 Å². The lowest BCUT2D eigenvalue weighted by Gasteiger charge is -2.18. The summed E-state index contributed by atoms with van der Waals surface area (Å²) >= 11 is 1.17. The van der Waals surface area contributed by atoms with E-state index >= 15 is 0 Å². The highest BCUT2D eigenvalue weighted by Gasteiger charge is 2.26. The molecule has 1 aromatic carbocycles. The van der Waals surface area contributed by atoms with Crippen LogP contribution in [-0.4, -0.2) is 53.1 Å². The Morgan fingerprint density at radius 2 is 1.81 bits per heavy atom. The Labute approximate surface area is 161 Å². The molecule has 2 atom stereocenters. The quantitative estimate of drug-likeness (QED) is 0.621. The maximum absolute atomic E-state index is 13.3. The number of carbonyl (C=O) groups is 2. The van der Waals surface area contributed by atoms with Crippen molar-refractivity contribution in [2.45, 2.75) is 30.3 Å². The average Bonchev–Trinajstić information content (AvgIpc) is 3.04. The van der Waals surface area contributed by atoms with E-state index in [1.54, 1.807) is 19.1 Å². The van der Waals surface area contributed by atoms with Crippen LogP contribution in [0.2, 0.25) is 0 Å². The normalized spacial score (nSPS) is 13.3. The third kappa shape index (κ3) is 5.04. The summed E-state index contributed by atoms with van der Waals surface area (Å²) < 4.78 is 15.2. The summed E-state index contributed by atoms with van der Waals surface area (Å²) in [5.41, 5.74) is 0.700. The van der Waals surface area contributed by atoms with Gasteiger partial charge in [0.05, 0.1) is 19.3 Å². The van der Waals surface area contributed by atoms with Gasteiger partial charge in [-0.25, -0.2) is 9.18 Å². The van der Waals surface area contributed by atoms with E-state index in [1.807, 2.05) is 25.6 Å². The van der Waals surface area contributed by atoms with Crippen molar-refractivity contribution in [1.29, 1.82) is 0 Å². The number of aromatic nitrogens is 3. The molecule has 0 saturated carbocycles. The Morgan fingerprint density at radius 1 is 1.19 bits per heavy atom. The molecule has 1 aromatic heterocycles. The minimum absolute atomic E-state index is 0.0203. The Balaban J connectivity index is 2.37. The number of rotatable bonds is 6. The van der Waals surface area contributed by atoms with Crippen LogP contribution >= 0.6 is 11.8 Å². The molecule has 0 bridgehead atoms. The number of quaternary nitrogens is 1. The van der Waals surface area contributed by atoms with Crippen molar-refractivity contribution in [2.24, 2.45) is 0 Å². The van der Waals surface area contributed by atoms with Gasteiger partial charge in [-0.2, -0.15) is 0 Å². The van der Waals surface area contributed by atoms with Crippen LogP contribution in [0.3, 0.4) is 0 Å². The zero-order valence-corrected chi connectivity index (χ0v) is 16.7. The molecule has 8 nitrogen and oxygen atoms in total. The van der Waals surface area contributed by atoms with Gasteiger partial charge in [-0.15, -0.1) is 10.2 Å². The number of amides is 3. The summed E-state index contributed by atoms with van der Waals surface area (Å²) in [6.07, 6.45) is 0. The van der Waals surface area contributed by atoms with Crippen molar-refractivity contribution in [3.8, 4) is 5.69 Å². The minimum atomic E-state index is -0.583. The summed E-state index contributed by atoms with van der Waals surface area (Å²) in [6, 6.07) is 5.45. The van der Waals surface area contributed by atoms with Crippen molar-refractivity contribution < 1.29 is 18.9 Å². The molecule has 1 heterocycles. The maximum Gasteiger partial charge on any atom is 0.321 e. The molecule has 10 heteroatoms. The van der Waals surface area contributed by atoms with Crippen molar-refractivity contribution in [1.82, 2.24) is 25.4 Å². The molecule has 2 rings (SSSR count). The lowest BCUT2D eigenvalue weighted by molar-refractivity contribution is -0.890. The van der Waals surface area contributed by atoms with Crippen molar-refractivity contribution >= 4 is 23.7 Å². The van der Waals surface area contributed by atoms with Crippen LogP contribution in [0.1, 0.15) is 25.7 Å². The monoisotopic (exact) mass is 395 g/mol. The Hall–Kier alpha value is -2.46. The first-order chi connectivity index (χ1) is 12.7. The zero-order valence-electron chi connectivity index (χ0n) is 15.9. The van der Waals surface area contributed by atoms with Gasteiger partial charge in [-0.05, 0) is 38.1 Å². The highest BCUT2D eigenvalue weighted by Crippen LogP contribution is 2.27. The Bertz CT molecular complexity index is 808. The first kappa shape index (κ1) is 20.8. The summed E-state index contributed by atoms with van der Waals surface area (Å²) in [7, 11) is 5.43. The fraction of sp³-hybridized carbons (Fsp3) is 0.412. The summed E-state index contributed by atoms with van der Waals surface area (Å²) in [5, 5.41) is 13.0. The number of urea groups is 1. The first-order valence-corrected chi connectivity index (χ1v) is 9.33. The van der Waals surface area contributed by atoms with Gasteiger partial charge in [0, 0.05) is 12.7 Å². The van der Waals surface area contributed by atoms with E-state index in [-0.39, 0.29) is 11.9 Å². The van der Waals surface area contributed by atoms with Crippen LogP contribution < -0.4 is 15.5 Å². The van der Waals surface area contributed by atoms with Gasteiger partial charge >= 0.3 is 6.03 Å². The molecule has 3 amide bonds. The van der Waals surface area contributed by atoms with Gasteiger partial charge in [0.1, 0.15) is 11.9 Å². The topological polar surface area (TPSA) is 93.3 Å². The van der Waals surface area contributed by atoms with Crippen molar-refractivity contribution in [2.75, 3.05) is 21.1 Å². The standard InChI is InChI=1S/C17H23FN6O2S/c1-10(23(4)5)14-21-22-17(24(14)13-8-6-12(18)7-9-13)27-11(2)15(25)20-16(26)19-3/h6-11H,1-5H3,(H2,19,20,25,26)/p+1/t10-,11+/m1/s1. The predicted molar refractivity (Wildman–Crippen MR) is 100 cm³/mol. The Morgan fingerprint density at radius 3 is 2.37 bits per heavy atom. The average molecular weight is 395 g/mol. The molecule has 0 spiro atoms. The fourth-order valence-electron chi connectivity index (χ4n) is 2.22. The number of hydrogen-bond acceptors (Lipinski definition) is 5. The molecule has 0 radical (unpaired) electrons. The second-order valence-electron chi connectivity index (χ2n) is 6.28. The molecule has 0 saturated heterocycles. The molecule has 0 fully saturated rings. The molecule has 0 aliphatic heterocycles. The molecular formula is C17H24FN6O2S+. The molecular weight excluding hydrogens is 371 g/mol. The number of halogens is 1. The number of nitrogens with zero attached hydrogens (tertiary/aromatic N) is 3. The van der Waals surface area contributed by atoms with E-state index in [0.717, 1.165) is 4.90 Å². The van der Waals surface area contributed by atoms with Gasteiger partial charge in [-0.1, -0.05) is 11.8 Å². The second kappa shape index (κ2) is 8.96. The van der Waals surface area contributed by atoms with Crippen LogP contribution in [0.5, 0.6) is 0 Å². The van der Waals surface area contributed by atoms with Crippen LogP contribution in [-0.2, 0) is 4.79 Å². The molecule has 146 valence electrons. The van der Waals surface area contributed by atoms with Crippen LogP contribution in [0.15, 0.2) is 29.4 Å². The summed E-state index contributed by atoms with van der Waals surface area (Å²) in [6.45, 7) is 3.68. The van der Waals surface area contributed by atoms with Crippen LogP contribution in [0.25, 0.3) is 5.69 Å². The molecule has 3 N–H and O–H groups in total. The van der Waals surface area contributed by atoms with E-state index < -0.39 is 17.2 Å². The highest BCUT2D eigenvalue weighted by molar-refractivity contribution is 8.00. The van der Waals surface area contributed by atoms with Crippen molar-refractivity contribution in [3.63, 3.8) is 0 Å². The fourth-order valence-corrected chi connectivity index (χ4v) is 3.09. The van der Waals surface area contributed by atoms with Crippen molar-refractivity contribution in [3.05, 3.63) is 35.9 Å². The molecule has 0 aliphatic rings. The van der Waals surface area contributed by atoms with Gasteiger partial charge in [0.25, 0.3) is 0 Å². The first-order valence-electron chi connectivity index (χ1n) is 8.45. The number of imide groups is 1. The van der Waals surface area contributed by atoms with Gasteiger partial charge in [0.2, 0.25) is 5.91 Å². The number of hydrogen-bond donors (Lipinski definition) is 3. The lowest BCUT2D eigenvalue weighted by atomic mass is 10.2. The van der Waals surface area contributed by atoms with Gasteiger partial charge in [-0.3, -0.25) is 14.7 Å². The summed E-state index contributed by atoms with van der Waals surface area (Å²) in [4.78, 5) is 24.6. The SMILES string of the molecule is CNC(=O)NC(=O)[C@H](C)Sc1nnc([C@@H](C)[NH+](C)C)n1-c1ccc(F)cc1. The smallest absolute Gasteiger partial charge is 0.321 e. The predicted octanol–water partition coefficient (Wildman–Crippen LogP) is 0.548. The van der Waals surface area contributed by atoms with E-state index in [0.29, 0.717) is 16.7 Å². The third-order valence-electron chi connectivity index (χ3n) is 4.11. The molecule has 27 heavy (non-hydrogen) atoms. The molecule has 0 aliphatic carbocycles. The van der Waals surface area contributed by atoms with Crippen LogP contribution in [0.4, 0.5) is 9.18 Å². The minimum Gasteiger partial charge on any atom is -0.341 e. The highest BCUT2D eigenvalue weighted by atomic mass is 32.2. The van der Waals surface area contributed by atoms with E-state index in [4.69, 9.17) is 0 Å². The lowest BCUT2D eigenvalue weighted by Crippen LogP contribution is -3.05. The van der Waals surface area contributed by atoms with E-state index in [2.05, 4.69) is 20.8 Å². The molecule has 2 aromatic rings. The number of nitrogens with one attached hydrogen (secondary N) is 3. The zero-order chi connectivity index (χ0) is 20.1. The summed E-state index contributed by atoms with van der Waals surface area (Å²) in [5.74, 6) is -0.0870. The Kier molecular flexibility index (Phi) is 6.92. The maximum atomic E-state index is 13.3. The largest absolute Gasteiger partial charge is 0.341 e. The van der Waals surface area contributed by atoms with Gasteiger partial charge in [0.15, 0.2) is 11.0 Å². The van der Waals surface area contributed by atoms with E-state index in [1.165, 1.54) is 30.9 Å².